The monoisotopic (exact) mass is 326 g/mol. The minimum atomic E-state index is -0.332. The van der Waals surface area contributed by atoms with Gasteiger partial charge >= 0.3 is 6.01 Å². The van der Waals surface area contributed by atoms with Crippen molar-refractivity contribution in [1.82, 2.24) is 15.2 Å². The van der Waals surface area contributed by atoms with Crippen molar-refractivity contribution in [2.45, 2.75) is 13.8 Å². The fourth-order valence-electron chi connectivity index (χ4n) is 1.98. The van der Waals surface area contributed by atoms with E-state index in [0.717, 1.165) is 21.1 Å². The predicted octanol–water partition coefficient (Wildman–Crippen LogP) is 3.46. The molecule has 0 atom stereocenters. The maximum Gasteiger partial charge on any atom is 0.322 e. The van der Waals surface area contributed by atoms with E-state index in [1.54, 1.807) is 6.08 Å². The maximum absolute atomic E-state index is 11.9. The Morgan fingerprint density at radius 2 is 2.00 bits per heavy atom. The first-order chi connectivity index (χ1) is 11.1. The number of nitrogens with one attached hydrogen (secondary N) is 1. The zero-order chi connectivity index (χ0) is 16.2. The maximum atomic E-state index is 11.9. The van der Waals surface area contributed by atoms with Crippen molar-refractivity contribution >= 4 is 29.3 Å². The van der Waals surface area contributed by atoms with Gasteiger partial charge in [0.1, 0.15) is 4.88 Å². The minimum Gasteiger partial charge on any atom is -0.402 e. The first-order valence-electron chi connectivity index (χ1n) is 6.94. The first-order valence-corrected chi connectivity index (χ1v) is 7.75. The SMILES string of the molecule is Cc1nc(C)c(-c2nnc(NC(=O)C=Cc3ccccc3)o2)s1. The number of carbonyl (C=O) groups is 1. The highest BCUT2D eigenvalue weighted by atomic mass is 32.1. The fourth-order valence-corrected chi connectivity index (χ4v) is 2.82. The van der Waals surface area contributed by atoms with Gasteiger partial charge in [-0.1, -0.05) is 35.4 Å². The highest BCUT2D eigenvalue weighted by Gasteiger charge is 2.15. The van der Waals surface area contributed by atoms with Crippen LogP contribution in [0.25, 0.3) is 16.8 Å². The Kier molecular flexibility index (Phi) is 4.29. The molecule has 3 aromatic rings. The largest absolute Gasteiger partial charge is 0.402 e. The number of aromatic nitrogens is 3. The summed E-state index contributed by atoms with van der Waals surface area (Å²) in [6, 6.07) is 9.60. The Labute approximate surface area is 136 Å². The average molecular weight is 326 g/mol. The second-order valence-electron chi connectivity index (χ2n) is 4.79. The lowest BCUT2D eigenvalue weighted by atomic mass is 10.2. The van der Waals surface area contributed by atoms with Crippen LogP contribution in [0.3, 0.4) is 0 Å². The Hall–Kier alpha value is -2.80. The molecule has 3 rings (SSSR count). The van der Waals surface area contributed by atoms with Crippen LogP contribution < -0.4 is 5.32 Å². The molecular formula is C16H14N4O2S. The summed E-state index contributed by atoms with van der Waals surface area (Å²) in [5.74, 6) is 0.0247. The lowest BCUT2D eigenvalue weighted by Gasteiger charge is -1.94. The van der Waals surface area contributed by atoms with Crippen LogP contribution in [-0.2, 0) is 4.79 Å². The number of rotatable bonds is 4. The Morgan fingerprint density at radius 3 is 2.70 bits per heavy atom. The molecule has 23 heavy (non-hydrogen) atoms. The molecular weight excluding hydrogens is 312 g/mol. The number of carbonyl (C=O) groups excluding carboxylic acids is 1. The van der Waals surface area contributed by atoms with Gasteiger partial charge in [-0.3, -0.25) is 10.1 Å². The van der Waals surface area contributed by atoms with Crippen molar-refractivity contribution in [3.05, 3.63) is 52.7 Å². The van der Waals surface area contributed by atoms with E-state index in [1.807, 2.05) is 44.2 Å². The summed E-state index contributed by atoms with van der Waals surface area (Å²) >= 11 is 1.47. The van der Waals surface area contributed by atoms with Gasteiger partial charge in [0.05, 0.1) is 10.7 Å². The van der Waals surface area contributed by atoms with E-state index in [-0.39, 0.29) is 11.9 Å². The molecule has 0 saturated carbocycles. The third-order valence-electron chi connectivity index (χ3n) is 2.98. The van der Waals surface area contributed by atoms with E-state index in [0.29, 0.717) is 5.89 Å². The molecule has 0 aliphatic heterocycles. The van der Waals surface area contributed by atoms with Gasteiger partial charge in [0.15, 0.2) is 0 Å². The summed E-state index contributed by atoms with van der Waals surface area (Å²) < 4.78 is 5.47. The standard InChI is InChI=1S/C16H14N4O2S/c1-10-14(23-11(2)17-10)15-19-20-16(22-15)18-13(21)9-8-12-6-4-3-5-7-12/h3-9H,1-2H3,(H,18,20,21). The summed E-state index contributed by atoms with van der Waals surface area (Å²) in [4.78, 5) is 17.0. The van der Waals surface area contributed by atoms with Gasteiger partial charge in [0, 0.05) is 6.08 Å². The fraction of sp³-hybridized carbons (Fsp3) is 0.125. The number of thiazole rings is 1. The third kappa shape index (κ3) is 3.70. The van der Waals surface area contributed by atoms with E-state index < -0.39 is 0 Å². The van der Waals surface area contributed by atoms with Crippen LogP contribution in [0.15, 0.2) is 40.8 Å². The van der Waals surface area contributed by atoms with Crippen molar-refractivity contribution in [1.29, 1.82) is 0 Å². The Bertz CT molecular complexity index is 852. The van der Waals surface area contributed by atoms with Crippen molar-refractivity contribution in [3.63, 3.8) is 0 Å². The summed E-state index contributed by atoms with van der Waals surface area (Å²) in [5.41, 5.74) is 1.77. The number of hydrogen-bond acceptors (Lipinski definition) is 6. The van der Waals surface area contributed by atoms with E-state index >= 15 is 0 Å². The summed E-state index contributed by atoms with van der Waals surface area (Å²) in [7, 11) is 0. The lowest BCUT2D eigenvalue weighted by molar-refractivity contribution is -0.112. The van der Waals surface area contributed by atoms with Crippen LogP contribution in [0.2, 0.25) is 0 Å². The minimum absolute atomic E-state index is 0.0631. The molecule has 7 heteroatoms. The zero-order valence-corrected chi connectivity index (χ0v) is 13.4. The van der Waals surface area contributed by atoms with Gasteiger partial charge in [-0.15, -0.1) is 16.4 Å². The van der Waals surface area contributed by atoms with Crippen molar-refractivity contribution in [3.8, 4) is 10.8 Å². The van der Waals surface area contributed by atoms with E-state index in [1.165, 1.54) is 17.4 Å². The summed E-state index contributed by atoms with van der Waals surface area (Å²) in [6.45, 7) is 3.79. The molecule has 1 amide bonds. The Morgan fingerprint density at radius 1 is 1.22 bits per heavy atom. The quantitative estimate of drug-likeness (QED) is 0.743. The van der Waals surface area contributed by atoms with Crippen LogP contribution >= 0.6 is 11.3 Å². The van der Waals surface area contributed by atoms with Gasteiger partial charge in [-0.2, -0.15) is 0 Å². The molecule has 2 aromatic heterocycles. The lowest BCUT2D eigenvalue weighted by Crippen LogP contribution is -2.07. The third-order valence-corrected chi connectivity index (χ3v) is 4.04. The number of nitrogens with zero attached hydrogens (tertiary/aromatic N) is 3. The molecule has 0 unspecified atom stereocenters. The van der Waals surface area contributed by atoms with Gasteiger partial charge in [-0.25, -0.2) is 4.98 Å². The molecule has 0 aliphatic carbocycles. The molecule has 0 radical (unpaired) electrons. The van der Waals surface area contributed by atoms with Crippen LogP contribution in [0.5, 0.6) is 0 Å². The number of aryl methyl sites for hydroxylation is 2. The second kappa shape index (κ2) is 6.53. The van der Waals surface area contributed by atoms with Crippen LogP contribution in [0.4, 0.5) is 6.01 Å². The second-order valence-corrected chi connectivity index (χ2v) is 6.00. The highest BCUT2D eigenvalue weighted by molar-refractivity contribution is 7.15. The van der Waals surface area contributed by atoms with Gasteiger partial charge in [0.2, 0.25) is 0 Å². The normalized spacial score (nSPS) is 11.0. The van der Waals surface area contributed by atoms with Crippen LogP contribution in [0, 0.1) is 13.8 Å². The van der Waals surface area contributed by atoms with Crippen molar-refractivity contribution in [2.24, 2.45) is 0 Å². The number of amides is 1. The average Bonchev–Trinajstić information content (AvgIpc) is 3.12. The van der Waals surface area contributed by atoms with Gasteiger partial charge < -0.3 is 4.42 Å². The molecule has 1 N–H and O–H groups in total. The molecule has 0 bridgehead atoms. The molecule has 0 spiro atoms. The topological polar surface area (TPSA) is 80.9 Å². The highest BCUT2D eigenvalue weighted by Crippen LogP contribution is 2.29. The van der Waals surface area contributed by atoms with Gasteiger partial charge in [-0.05, 0) is 25.5 Å². The summed E-state index contributed by atoms with van der Waals surface area (Å²) in [6.07, 6.45) is 3.13. The van der Waals surface area contributed by atoms with Gasteiger partial charge in [0.25, 0.3) is 11.8 Å². The van der Waals surface area contributed by atoms with Crippen molar-refractivity contribution in [2.75, 3.05) is 5.32 Å². The zero-order valence-electron chi connectivity index (χ0n) is 12.6. The van der Waals surface area contributed by atoms with E-state index in [2.05, 4.69) is 20.5 Å². The van der Waals surface area contributed by atoms with Crippen LogP contribution in [-0.4, -0.2) is 21.1 Å². The molecule has 2 heterocycles. The van der Waals surface area contributed by atoms with Crippen LogP contribution in [0.1, 0.15) is 16.3 Å². The number of hydrogen-bond donors (Lipinski definition) is 1. The molecule has 1 aromatic carbocycles. The molecule has 0 saturated heterocycles. The van der Waals surface area contributed by atoms with E-state index in [9.17, 15) is 4.79 Å². The predicted molar refractivity (Wildman–Crippen MR) is 89.0 cm³/mol. The summed E-state index contributed by atoms with van der Waals surface area (Å²) in [5, 5.41) is 11.3. The van der Waals surface area contributed by atoms with Crippen molar-refractivity contribution < 1.29 is 9.21 Å². The number of benzene rings is 1. The number of anilines is 1. The Balaban J connectivity index is 1.68. The first kappa shape index (κ1) is 15.1. The molecule has 6 nitrogen and oxygen atoms in total. The van der Waals surface area contributed by atoms with E-state index in [4.69, 9.17) is 4.42 Å². The smallest absolute Gasteiger partial charge is 0.322 e. The molecule has 116 valence electrons. The molecule has 0 fully saturated rings. The molecule has 0 aliphatic rings.